The zero-order valence-electron chi connectivity index (χ0n) is 5.66. The number of halogens is 1. The fourth-order valence-corrected chi connectivity index (χ4v) is 1.05. The topological polar surface area (TPSA) is 37.3 Å². The van der Waals surface area contributed by atoms with Crippen LogP contribution in [0.5, 0.6) is 0 Å². The molecule has 0 aliphatic carbocycles. The average molecular weight is 217 g/mol. The minimum absolute atomic E-state index is 0. The summed E-state index contributed by atoms with van der Waals surface area (Å²) in [4.78, 5) is 0.365. The Bertz CT molecular complexity index is 249. The summed E-state index contributed by atoms with van der Waals surface area (Å²) in [5, 5.41) is 0.564. The molecule has 0 heterocycles. The van der Waals surface area contributed by atoms with Crippen molar-refractivity contribution in [2.24, 2.45) is 0 Å². The quantitative estimate of drug-likeness (QED) is 0.571. The maximum Gasteiger partial charge on any atom is 0.186 e. The van der Waals surface area contributed by atoms with Gasteiger partial charge in [-0.15, -0.1) is 0 Å². The van der Waals surface area contributed by atoms with Gasteiger partial charge in [0.25, 0.3) is 0 Å². The summed E-state index contributed by atoms with van der Waals surface area (Å²) in [5.74, 6) is 0. The van der Waals surface area contributed by atoms with E-state index < -0.39 is 11.1 Å². The van der Waals surface area contributed by atoms with E-state index in [0.29, 0.717) is 9.92 Å². The molecule has 1 N–H and O–H groups in total. The second-order valence-electron chi connectivity index (χ2n) is 1.70. The molecule has 0 spiro atoms. The molecular weight excluding hydrogens is 212 g/mol. The fourth-order valence-electron chi connectivity index (χ4n) is 0.551. The zero-order chi connectivity index (χ0) is 7.56. The fraction of sp³-hybridized carbons (Fsp3) is 0. The van der Waals surface area contributed by atoms with E-state index in [1.54, 1.807) is 12.1 Å². The van der Waals surface area contributed by atoms with Gasteiger partial charge in [0.2, 0.25) is 0 Å². The maximum absolute atomic E-state index is 10.4. The van der Waals surface area contributed by atoms with Crippen LogP contribution in [0, 0.1) is 0 Å². The van der Waals surface area contributed by atoms with E-state index in [1.165, 1.54) is 12.1 Å². The summed E-state index contributed by atoms with van der Waals surface area (Å²) in [7, 11) is 0. The van der Waals surface area contributed by atoms with Crippen molar-refractivity contribution in [1.29, 1.82) is 0 Å². The van der Waals surface area contributed by atoms with Gasteiger partial charge in [0.1, 0.15) is 0 Å². The number of benzene rings is 1. The monoisotopic (exact) mass is 216 g/mol. The molecule has 2 radical (unpaired) electrons. The first-order valence-corrected chi connectivity index (χ1v) is 4.05. The Hall–Kier alpha value is 0.880. The first-order valence-electron chi connectivity index (χ1n) is 2.56. The van der Waals surface area contributed by atoms with Crippen LogP contribution in [0.3, 0.4) is 0 Å². The molecular formula is C6H5CaClO2S. The Morgan fingerprint density at radius 2 is 1.73 bits per heavy atom. The molecule has 0 bridgehead atoms. The molecule has 0 aromatic heterocycles. The van der Waals surface area contributed by atoms with Crippen LogP contribution in [-0.2, 0) is 11.1 Å². The van der Waals surface area contributed by atoms with E-state index in [0.717, 1.165) is 0 Å². The normalized spacial score (nSPS) is 11.8. The number of rotatable bonds is 1. The summed E-state index contributed by atoms with van der Waals surface area (Å²) in [5.41, 5.74) is 0. The SMILES string of the molecule is O=S(O)c1ccc(Cl)cc1.[Ca]. The molecule has 0 amide bonds. The van der Waals surface area contributed by atoms with E-state index in [-0.39, 0.29) is 37.7 Å². The van der Waals surface area contributed by atoms with Crippen molar-refractivity contribution in [3.63, 3.8) is 0 Å². The van der Waals surface area contributed by atoms with Gasteiger partial charge in [0.05, 0.1) is 4.90 Å². The van der Waals surface area contributed by atoms with E-state index in [2.05, 4.69) is 0 Å². The molecule has 5 heteroatoms. The van der Waals surface area contributed by atoms with E-state index in [9.17, 15) is 4.21 Å². The molecule has 2 nitrogen and oxygen atoms in total. The van der Waals surface area contributed by atoms with Crippen LogP contribution in [0.4, 0.5) is 0 Å². The third-order valence-corrected chi connectivity index (χ3v) is 1.94. The Balaban J connectivity index is 0.000001000. The molecule has 0 aliphatic rings. The summed E-state index contributed by atoms with van der Waals surface area (Å²) < 4.78 is 18.9. The van der Waals surface area contributed by atoms with Crippen molar-refractivity contribution < 1.29 is 8.76 Å². The van der Waals surface area contributed by atoms with Crippen LogP contribution in [0.2, 0.25) is 5.02 Å². The number of hydrogen-bond acceptors (Lipinski definition) is 1. The van der Waals surface area contributed by atoms with Crippen LogP contribution in [0.15, 0.2) is 29.2 Å². The molecule has 0 aliphatic heterocycles. The predicted octanol–water partition coefficient (Wildman–Crippen LogP) is 1.54. The summed E-state index contributed by atoms with van der Waals surface area (Å²) in [6.07, 6.45) is 0. The molecule has 11 heavy (non-hydrogen) atoms. The minimum Gasteiger partial charge on any atom is -0.302 e. The second kappa shape index (κ2) is 5.51. The molecule has 1 aromatic carbocycles. The summed E-state index contributed by atoms with van der Waals surface area (Å²) in [6, 6.07) is 6.17. The molecule has 0 saturated carbocycles. The second-order valence-corrected chi connectivity index (χ2v) is 3.11. The van der Waals surface area contributed by atoms with Crippen LogP contribution >= 0.6 is 11.6 Å². The Kier molecular flexibility index (Phi) is 5.95. The standard InChI is InChI=1S/C6H5ClO2S.Ca/c7-5-1-3-6(4-2-5)10(8)9;/h1-4H,(H,8,9);. The third-order valence-electron chi connectivity index (χ3n) is 1.02. The van der Waals surface area contributed by atoms with E-state index in [1.807, 2.05) is 0 Å². The van der Waals surface area contributed by atoms with Gasteiger partial charge in [-0.25, -0.2) is 4.21 Å². The first kappa shape index (κ1) is 11.9. The molecule has 0 saturated heterocycles. The van der Waals surface area contributed by atoms with Gasteiger partial charge in [-0.05, 0) is 24.3 Å². The Morgan fingerprint density at radius 1 is 1.27 bits per heavy atom. The van der Waals surface area contributed by atoms with E-state index in [4.69, 9.17) is 16.2 Å². The van der Waals surface area contributed by atoms with Gasteiger partial charge in [-0.3, -0.25) is 0 Å². The summed E-state index contributed by atoms with van der Waals surface area (Å²) in [6.45, 7) is 0. The van der Waals surface area contributed by atoms with Crippen LogP contribution < -0.4 is 0 Å². The molecule has 56 valence electrons. The predicted molar refractivity (Wildman–Crippen MR) is 46.2 cm³/mol. The molecule has 1 aromatic rings. The number of hydrogen-bond donors (Lipinski definition) is 1. The van der Waals surface area contributed by atoms with Crippen LogP contribution in [-0.4, -0.2) is 46.5 Å². The van der Waals surface area contributed by atoms with Gasteiger partial charge < -0.3 is 4.55 Å². The van der Waals surface area contributed by atoms with Crippen molar-refractivity contribution >= 4 is 60.4 Å². The zero-order valence-corrected chi connectivity index (χ0v) is 9.44. The van der Waals surface area contributed by atoms with Crippen molar-refractivity contribution in [2.75, 3.05) is 0 Å². The van der Waals surface area contributed by atoms with Gasteiger partial charge in [-0.1, -0.05) is 11.6 Å². The Morgan fingerprint density at radius 3 is 2.09 bits per heavy atom. The molecule has 1 unspecified atom stereocenters. The summed E-state index contributed by atoms with van der Waals surface area (Å²) >= 11 is 3.64. The van der Waals surface area contributed by atoms with Crippen LogP contribution in [0.25, 0.3) is 0 Å². The van der Waals surface area contributed by atoms with Gasteiger partial charge in [0.15, 0.2) is 11.1 Å². The van der Waals surface area contributed by atoms with Crippen molar-refractivity contribution in [1.82, 2.24) is 0 Å². The minimum atomic E-state index is -1.90. The largest absolute Gasteiger partial charge is 0.302 e. The van der Waals surface area contributed by atoms with Crippen molar-refractivity contribution in [3.8, 4) is 0 Å². The van der Waals surface area contributed by atoms with Crippen molar-refractivity contribution in [3.05, 3.63) is 29.3 Å². The van der Waals surface area contributed by atoms with Crippen molar-refractivity contribution in [2.45, 2.75) is 4.90 Å². The Labute approximate surface area is 102 Å². The van der Waals surface area contributed by atoms with Gasteiger partial charge in [-0.2, -0.15) is 0 Å². The molecule has 1 atom stereocenters. The maximum atomic E-state index is 10.4. The third kappa shape index (κ3) is 3.87. The first-order chi connectivity index (χ1) is 4.70. The van der Waals surface area contributed by atoms with E-state index >= 15 is 0 Å². The molecule has 0 fully saturated rings. The molecule has 1 rings (SSSR count). The van der Waals surface area contributed by atoms with Gasteiger partial charge in [0, 0.05) is 42.8 Å². The smallest absolute Gasteiger partial charge is 0.186 e. The average Bonchev–Trinajstić information content (AvgIpc) is 1.88. The van der Waals surface area contributed by atoms with Crippen LogP contribution in [0.1, 0.15) is 0 Å². The van der Waals surface area contributed by atoms with Gasteiger partial charge >= 0.3 is 0 Å².